The molecule has 27 heavy (non-hydrogen) atoms. The van der Waals surface area contributed by atoms with E-state index in [2.05, 4.69) is 15.0 Å². The van der Waals surface area contributed by atoms with Crippen LogP contribution in [-0.2, 0) is 19.5 Å². The number of esters is 1. The zero-order valence-corrected chi connectivity index (χ0v) is 16.1. The summed E-state index contributed by atoms with van der Waals surface area (Å²) in [6, 6.07) is 6.33. The fourth-order valence-corrected chi connectivity index (χ4v) is 4.80. The Morgan fingerprint density at radius 2 is 2.11 bits per heavy atom. The number of carbonyl (C=O) groups is 1. The van der Waals surface area contributed by atoms with Crippen LogP contribution in [0.5, 0.6) is 0 Å². The summed E-state index contributed by atoms with van der Waals surface area (Å²) >= 11 is 0. The van der Waals surface area contributed by atoms with E-state index in [0.717, 1.165) is 19.4 Å². The van der Waals surface area contributed by atoms with E-state index in [1.165, 1.54) is 19.4 Å². The van der Waals surface area contributed by atoms with Gasteiger partial charge in [0.25, 0.3) is 0 Å². The Balaban J connectivity index is 1.95. The van der Waals surface area contributed by atoms with Crippen molar-refractivity contribution in [3.05, 3.63) is 36.2 Å². The first-order valence-electron chi connectivity index (χ1n) is 8.62. The number of sulfonamides is 1. The predicted molar refractivity (Wildman–Crippen MR) is 100 cm³/mol. The van der Waals surface area contributed by atoms with E-state index in [0.29, 0.717) is 17.4 Å². The molecule has 0 amide bonds. The molecule has 1 aromatic heterocycles. The van der Waals surface area contributed by atoms with Gasteiger partial charge in [0.1, 0.15) is 0 Å². The molecule has 3 rings (SSSR count). The molecule has 1 fully saturated rings. The molecule has 2 aromatic rings. The molecule has 0 bridgehead atoms. The first-order valence-corrected chi connectivity index (χ1v) is 10.1. The number of carbonyl (C=O) groups excluding carboxylic acids is 1. The predicted octanol–water partition coefficient (Wildman–Crippen LogP) is 1.07. The third-order valence-electron chi connectivity index (χ3n) is 4.79. The minimum Gasteiger partial charge on any atom is -0.464 e. The van der Waals surface area contributed by atoms with Crippen LogP contribution in [0, 0.1) is 0 Å². The lowest BCUT2D eigenvalue weighted by Gasteiger charge is -2.29. The van der Waals surface area contributed by atoms with Crippen LogP contribution in [-0.4, -0.2) is 58.8 Å². The molecule has 1 aliphatic rings. The highest BCUT2D eigenvalue weighted by atomic mass is 32.2. The molecule has 1 aliphatic heterocycles. The van der Waals surface area contributed by atoms with E-state index in [4.69, 9.17) is 9.47 Å². The molecule has 0 saturated carbocycles. The number of nitrogens with one attached hydrogen (secondary N) is 2. The van der Waals surface area contributed by atoms with Crippen LogP contribution in [0.1, 0.15) is 23.3 Å². The molecule has 9 heteroatoms. The molecule has 8 nitrogen and oxygen atoms in total. The monoisotopic (exact) mass is 393 g/mol. The summed E-state index contributed by atoms with van der Waals surface area (Å²) in [5, 5.41) is 4.19. The fourth-order valence-electron chi connectivity index (χ4n) is 3.45. The van der Waals surface area contributed by atoms with E-state index in [-0.39, 0.29) is 17.1 Å². The Morgan fingerprint density at radius 1 is 1.30 bits per heavy atom. The first kappa shape index (κ1) is 19.7. The van der Waals surface area contributed by atoms with Gasteiger partial charge in [0.2, 0.25) is 10.0 Å². The Morgan fingerprint density at radius 3 is 2.78 bits per heavy atom. The van der Waals surface area contributed by atoms with E-state index in [1.54, 1.807) is 25.3 Å². The Kier molecular flexibility index (Phi) is 5.75. The number of benzene rings is 1. The molecule has 0 radical (unpaired) electrons. The number of hydrogen-bond acceptors (Lipinski definition) is 7. The smallest absolute Gasteiger partial charge is 0.357 e. The largest absolute Gasteiger partial charge is 0.464 e. The van der Waals surface area contributed by atoms with Crippen molar-refractivity contribution in [2.45, 2.75) is 23.3 Å². The number of hydrogen-bond donors (Lipinski definition) is 2. The van der Waals surface area contributed by atoms with Crippen LogP contribution in [0.25, 0.3) is 10.8 Å². The normalized spacial score (nSPS) is 20.1. The molecule has 2 N–H and O–H groups in total. The Bertz CT molecular complexity index is 939. The summed E-state index contributed by atoms with van der Waals surface area (Å²) in [5.41, 5.74) is -0.328. The maximum atomic E-state index is 13.0. The number of fused-ring (bicyclic) bond motifs is 1. The number of ether oxygens (including phenoxy) is 2. The summed E-state index contributed by atoms with van der Waals surface area (Å²) in [7, 11) is -0.947. The van der Waals surface area contributed by atoms with E-state index < -0.39 is 21.5 Å². The average molecular weight is 393 g/mol. The Labute approximate surface area is 158 Å². The van der Waals surface area contributed by atoms with Crippen molar-refractivity contribution in [1.82, 2.24) is 15.0 Å². The average Bonchev–Trinajstić information content (AvgIpc) is 3.14. The van der Waals surface area contributed by atoms with Crippen molar-refractivity contribution in [3.63, 3.8) is 0 Å². The second-order valence-corrected chi connectivity index (χ2v) is 8.31. The maximum absolute atomic E-state index is 13.0. The maximum Gasteiger partial charge on any atom is 0.357 e. The summed E-state index contributed by atoms with van der Waals surface area (Å²) in [6.45, 7) is 1.46. The lowest BCUT2D eigenvalue weighted by Crippen LogP contribution is -2.52. The molecule has 146 valence electrons. The standard InChI is InChI=1S/C18H23N3O5S/c1-25-12-18(8-4-9-20-18)11-21-27(23,24)15-6-3-5-14-13(15)7-10-19-16(14)17(22)26-2/h3,5-7,10,20-21H,4,8-9,11-12H2,1-2H3. The number of rotatable bonds is 7. The van der Waals surface area contributed by atoms with Crippen LogP contribution < -0.4 is 10.0 Å². The minimum absolute atomic E-state index is 0.0837. The van der Waals surface area contributed by atoms with Crippen LogP contribution >= 0.6 is 0 Å². The first-order chi connectivity index (χ1) is 12.9. The van der Waals surface area contributed by atoms with Crippen LogP contribution in [0.3, 0.4) is 0 Å². The zero-order chi connectivity index (χ0) is 19.5. The second kappa shape index (κ2) is 7.89. The lowest BCUT2D eigenvalue weighted by atomic mass is 9.99. The molecular formula is C18H23N3O5S. The fraction of sp³-hybridized carbons (Fsp3) is 0.444. The van der Waals surface area contributed by atoms with Crippen LogP contribution in [0.4, 0.5) is 0 Å². The minimum atomic E-state index is -3.81. The number of pyridine rings is 1. The summed E-state index contributed by atoms with van der Waals surface area (Å²) in [6.07, 6.45) is 3.20. The van der Waals surface area contributed by atoms with Gasteiger partial charge in [0.05, 0.1) is 24.2 Å². The van der Waals surface area contributed by atoms with Gasteiger partial charge >= 0.3 is 5.97 Å². The van der Waals surface area contributed by atoms with Crippen molar-refractivity contribution in [2.75, 3.05) is 33.9 Å². The molecular weight excluding hydrogens is 370 g/mol. The van der Waals surface area contributed by atoms with E-state index in [9.17, 15) is 13.2 Å². The zero-order valence-electron chi connectivity index (χ0n) is 15.3. The molecule has 2 heterocycles. The van der Waals surface area contributed by atoms with Crippen molar-refractivity contribution in [2.24, 2.45) is 0 Å². The van der Waals surface area contributed by atoms with Gasteiger partial charge in [-0.05, 0) is 31.5 Å². The van der Waals surface area contributed by atoms with Gasteiger partial charge in [-0.3, -0.25) is 0 Å². The van der Waals surface area contributed by atoms with Crippen molar-refractivity contribution in [3.8, 4) is 0 Å². The summed E-state index contributed by atoms with van der Waals surface area (Å²) < 4.78 is 38.7. The summed E-state index contributed by atoms with van der Waals surface area (Å²) in [4.78, 5) is 16.1. The third-order valence-corrected chi connectivity index (χ3v) is 6.25. The highest BCUT2D eigenvalue weighted by molar-refractivity contribution is 7.89. The van der Waals surface area contributed by atoms with Crippen LogP contribution in [0.2, 0.25) is 0 Å². The number of methoxy groups -OCH3 is 2. The van der Waals surface area contributed by atoms with Gasteiger partial charge in [-0.1, -0.05) is 12.1 Å². The second-order valence-electron chi connectivity index (χ2n) is 6.57. The molecule has 1 unspecified atom stereocenters. The third kappa shape index (κ3) is 3.96. The quantitative estimate of drug-likeness (QED) is 0.678. The van der Waals surface area contributed by atoms with Crippen LogP contribution in [0.15, 0.2) is 35.4 Å². The Hall–Kier alpha value is -2.07. The molecule has 0 aliphatic carbocycles. The molecule has 1 aromatic carbocycles. The number of aromatic nitrogens is 1. The van der Waals surface area contributed by atoms with Gasteiger partial charge in [0.15, 0.2) is 5.69 Å². The van der Waals surface area contributed by atoms with Crippen molar-refractivity contribution >= 4 is 26.8 Å². The topological polar surface area (TPSA) is 107 Å². The molecule has 1 saturated heterocycles. The van der Waals surface area contributed by atoms with Crippen molar-refractivity contribution < 1.29 is 22.7 Å². The van der Waals surface area contributed by atoms with Gasteiger partial charge in [-0.25, -0.2) is 22.9 Å². The van der Waals surface area contributed by atoms with Crippen molar-refractivity contribution in [1.29, 1.82) is 0 Å². The van der Waals surface area contributed by atoms with Gasteiger partial charge in [-0.15, -0.1) is 0 Å². The van der Waals surface area contributed by atoms with E-state index >= 15 is 0 Å². The van der Waals surface area contributed by atoms with E-state index in [1.807, 2.05) is 0 Å². The van der Waals surface area contributed by atoms with Gasteiger partial charge < -0.3 is 14.8 Å². The summed E-state index contributed by atoms with van der Waals surface area (Å²) in [5.74, 6) is -0.614. The highest BCUT2D eigenvalue weighted by Crippen LogP contribution is 2.26. The number of nitrogens with zero attached hydrogens (tertiary/aromatic N) is 1. The molecule has 0 spiro atoms. The highest BCUT2D eigenvalue weighted by Gasteiger charge is 2.35. The van der Waals surface area contributed by atoms with Gasteiger partial charge in [-0.2, -0.15) is 0 Å². The lowest BCUT2D eigenvalue weighted by molar-refractivity contribution is 0.0596. The SMILES string of the molecule is COCC1(CNS(=O)(=O)c2cccc3c(C(=O)OC)nccc23)CCCN1. The van der Waals surface area contributed by atoms with Gasteiger partial charge in [0, 0.05) is 30.6 Å². The molecule has 1 atom stereocenters.